The van der Waals surface area contributed by atoms with Gasteiger partial charge in [-0.25, -0.2) is 0 Å². The Hall–Kier alpha value is -6.99. The zero-order chi connectivity index (χ0) is 85.0. The molecule has 21 rings (SSSR count). The molecule has 6 nitrogen and oxygen atoms in total. The molecule has 0 saturated carbocycles. The van der Waals surface area contributed by atoms with Gasteiger partial charge in [-0.2, -0.15) is 27.0 Å². The van der Waals surface area contributed by atoms with Crippen molar-refractivity contribution in [2.24, 2.45) is 0 Å². The largest absolute Gasteiger partial charge is 1.00 e. The summed E-state index contributed by atoms with van der Waals surface area (Å²) < 4.78 is 10.6. The van der Waals surface area contributed by atoms with Gasteiger partial charge in [0.2, 0.25) is 0 Å². The minimum absolute atomic E-state index is 0. The molecule has 126 heavy (non-hydrogen) atoms. The van der Waals surface area contributed by atoms with Gasteiger partial charge in [-0.1, -0.05) is 347 Å². The van der Waals surface area contributed by atoms with Gasteiger partial charge < -0.3 is 31.1 Å². The Labute approximate surface area is 868 Å². The molecule has 2 N–H and O–H groups in total. The van der Waals surface area contributed by atoms with Crippen LogP contribution in [0.1, 0.15) is 85.0 Å². The van der Waals surface area contributed by atoms with Crippen molar-refractivity contribution in [3.05, 3.63) is 408 Å². The number of hydrogen-bond donors (Lipinski definition) is 2. The molecule has 0 radical (unpaired) electrons. The molecule has 0 spiro atoms. The van der Waals surface area contributed by atoms with Gasteiger partial charge in [0.15, 0.2) is 0 Å². The van der Waals surface area contributed by atoms with Crippen molar-refractivity contribution >= 4 is 225 Å². The van der Waals surface area contributed by atoms with Gasteiger partial charge in [-0.15, -0.1) is 5.60 Å². The molecule has 0 atom stereocenters. The topological polar surface area (TPSA) is 79.2 Å². The minimum atomic E-state index is -1.48. The molecule has 0 unspecified atom stereocenters. The van der Waals surface area contributed by atoms with Crippen molar-refractivity contribution in [1.29, 1.82) is 0 Å². The van der Waals surface area contributed by atoms with Crippen molar-refractivity contribution < 1.29 is 102 Å². The number of para-hydroxylation sites is 2. The fraction of sp³-hybridized carbons (Fsp3) is 0.127. The van der Waals surface area contributed by atoms with Crippen molar-refractivity contribution in [2.75, 3.05) is 23.0 Å². The molecule has 0 aromatic heterocycles. The van der Waals surface area contributed by atoms with E-state index < -0.39 is 12.7 Å². The van der Waals surface area contributed by atoms with E-state index in [4.69, 9.17) is 4.74 Å². The predicted molar refractivity (Wildman–Crippen MR) is 561 cm³/mol. The van der Waals surface area contributed by atoms with Gasteiger partial charge in [0.25, 0.3) is 0 Å². The molecule has 18 aromatic rings. The smallest absolute Gasteiger partial charge is 1.00 e. The number of rotatable bonds is 9. The first kappa shape index (κ1) is 98.1. The first-order valence-electron chi connectivity index (χ1n) is 41.3. The molecule has 1 saturated heterocycles. The fourth-order valence-corrected chi connectivity index (χ4v) is 19.7. The van der Waals surface area contributed by atoms with Crippen LogP contribution < -0.4 is 101 Å². The standard InChI is InChI=1S/C62H48N2.C20H12Br2.C14H10BBrO2.C6H4BrI.C4H8O.C4H9O.K.Na.2H2S.H/c1-61(2)55-29-17-15-23-47(55)49-37-35-45(39-57(49)61)63(42-19-7-5-8-20-42)44-33-31-41(32-34-44)59-51-25-11-13-27-53(51)60(54-28-14-12-26-52(54)59)64(43-21-9-6-10-22-43)46-36-38-50-48-24-16-18-30-56(48)62(3,4)58(50)40-46;21-14-11-9-13(10-12-14)19-15-5-1-3-7-17(15)20(22)18-8-4-2-6-16(18)19;16-14-11-7-3-1-5-9(11)13(15(17)18)10-6-2-4-8-12(10)14;7-5-1-3-6(8)4-2-5;1-2-4-5-3-1;1-4(2,3)5;;;;;/h5-40H,1-4H3;1-12H;1-8,17-18H;1-4H;1-4H2;1-3H3;;;2*1H2;/q;;;;;-1;2*+1;;;-1. The van der Waals surface area contributed by atoms with Crippen molar-refractivity contribution in [3.8, 4) is 44.5 Å². The van der Waals surface area contributed by atoms with E-state index in [0.29, 0.717) is 5.46 Å². The molecule has 2 aliphatic carbocycles. The Morgan fingerprint density at radius 1 is 0.349 bits per heavy atom. The Morgan fingerprint density at radius 3 is 0.992 bits per heavy atom. The normalized spacial score (nSPS) is 12.6. The second-order valence-corrected chi connectivity index (χ2v) is 37.5. The predicted octanol–water partition coefficient (Wildman–Crippen LogP) is 25.2. The van der Waals surface area contributed by atoms with E-state index in [1.54, 1.807) is 20.8 Å². The molecule has 0 amide bonds. The maximum Gasteiger partial charge on any atom is 1.00 e. The summed E-state index contributed by atoms with van der Waals surface area (Å²) in [5, 5.41) is 43.0. The van der Waals surface area contributed by atoms with E-state index in [2.05, 4.69) is 427 Å². The molecule has 1 heterocycles. The third-order valence-corrected chi connectivity index (χ3v) is 26.5. The van der Waals surface area contributed by atoms with Crippen molar-refractivity contribution in [2.45, 2.75) is 77.7 Å². The van der Waals surface area contributed by atoms with Crippen LogP contribution in [0.4, 0.5) is 34.1 Å². The van der Waals surface area contributed by atoms with Crippen LogP contribution in [0.3, 0.4) is 0 Å². The van der Waals surface area contributed by atoms with Gasteiger partial charge in [-0.3, -0.25) is 0 Å². The molecule has 16 heteroatoms. The summed E-state index contributed by atoms with van der Waals surface area (Å²) >= 11 is 16.5. The van der Waals surface area contributed by atoms with Gasteiger partial charge in [0.1, 0.15) is 0 Å². The van der Waals surface area contributed by atoms with Crippen LogP contribution in [-0.2, 0) is 15.6 Å². The van der Waals surface area contributed by atoms with Crippen molar-refractivity contribution in [3.63, 3.8) is 0 Å². The van der Waals surface area contributed by atoms with Gasteiger partial charge in [-0.05, 0) is 290 Å². The average molecular weight is 2090 g/mol. The number of benzene rings is 18. The van der Waals surface area contributed by atoms with Crippen LogP contribution in [0.5, 0.6) is 0 Å². The number of fused-ring (bicyclic) bond motifs is 12. The summed E-state index contributed by atoms with van der Waals surface area (Å²) in [7, 11) is -1.48. The fourth-order valence-electron chi connectivity index (χ4n) is 17.4. The Kier molecular flexibility index (Phi) is 33.8. The summed E-state index contributed by atoms with van der Waals surface area (Å²) in [5.41, 5.74) is 22.2. The zero-order valence-corrected chi connectivity index (χ0v) is 87.7. The van der Waals surface area contributed by atoms with Crippen LogP contribution in [0, 0.1) is 3.57 Å². The maximum atomic E-state index is 10.1. The van der Waals surface area contributed by atoms with Crippen molar-refractivity contribution in [1.82, 2.24) is 0 Å². The quantitative estimate of drug-likeness (QED) is 0.0852. The van der Waals surface area contributed by atoms with Gasteiger partial charge in [0.05, 0.1) is 5.69 Å². The first-order chi connectivity index (χ1) is 59.0. The van der Waals surface area contributed by atoms with Gasteiger partial charge >= 0.3 is 88.1 Å². The second-order valence-electron chi connectivity index (χ2n) is 32.9. The monoisotopic (exact) mass is 2090 g/mol. The summed E-state index contributed by atoms with van der Waals surface area (Å²) in [6, 6.07) is 130. The van der Waals surface area contributed by atoms with Crippen LogP contribution >= 0.6 is 113 Å². The van der Waals surface area contributed by atoms with E-state index in [1.807, 2.05) is 60.7 Å². The number of ether oxygens (including phenoxy) is 1. The van der Waals surface area contributed by atoms with E-state index in [-0.39, 0.29) is 120 Å². The summed E-state index contributed by atoms with van der Waals surface area (Å²) in [4.78, 5) is 4.89. The summed E-state index contributed by atoms with van der Waals surface area (Å²) in [6.07, 6.45) is 2.56. The minimum Gasteiger partial charge on any atom is -1.00 e. The zero-order valence-electron chi connectivity index (χ0n) is 73.0. The molecule has 1 fully saturated rings. The van der Waals surface area contributed by atoms with E-state index in [1.165, 1.54) is 136 Å². The third-order valence-electron chi connectivity index (χ3n) is 23.0. The van der Waals surface area contributed by atoms with E-state index >= 15 is 0 Å². The third kappa shape index (κ3) is 21.0. The first-order valence-corrected chi connectivity index (χ1v) is 45.5. The number of anilines is 6. The van der Waals surface area contributed by atoms with Gasteiger partial charge in [0, 0.05) is 84.7 Å². The van der Waals surface area contributed by atoms with Crippen LogP contribution in [0.2, 0.25) is 0 Å². The molecule has 3 aliphatic rings. The average Bonchev–Trinajstić information content (AvgIpc) is 1.70. The molecule has 1 aliphatic heterocycles. The molecule has 622 valence electrons. The number of nitrogens with zero attached hydrogens (tertiary/aromatic N) is 2. The second kappa shape index (κ2) is 43.4. The number of halogens is 5. The number of hydrogen-bond acceptors (Lipinski definition) is 6. The summed E-state index contributed by atoms with van der Waals surface area (Å²) in [6.45, 7) is 16.3. The van der Waals surface area contributed by atoms with Crippen LogP contribution in [0.25, 0.3) is 109 Å². The molecular formula is C110H96BBr4IKN2NaO4S2. The van der Waals surface area contributed by atoms with Crippen LogP contribution in [-0.4, -0.2) is 36.0 Å². The Morgan fingerprint density at radius 2 is 0.627 bits per heavy atom. The maximum absolute atomic E-state index is 10.1. The molecular weight excluding hydrogens is 2000 g/mol. The van der Waals surface area contributed by atoms with E-state index in [0.717, 1.165) is 76.6 Å². The molecule has 18 aromatic carbocycles. The Balaban J connectivity index is 0.000000200. The van der Waals surface area contributed by atoms with Crippen LogP contribution in [0.15, 0.2) is 382 Å². The summed E-state index contributed by atoms with van der Waals surface area (Å²) in [5.74, 6) is 0. The molecule has 0 bridgehead atoms. The SMILES string of the molecule is Brc1ccc(-c2c3ccccc3c(Br)c3ccccc23)cc1.Brc1ccc(I)cc1.C1CCOC1.CC(C)(C)[O-].CC1(C)c2ccccc2-c2ccc(N(c3ccccc3)c3ccc(-c4c5ccccc5c(N(c5ccccc5)c5ccc6c(c5)C(C)(C)c5ccccc5-6)c5ccccc45)cc3)cc21.OB(O)c1c2ccccc2c(Br)c2ccccc12.S.S.[H-].[K+].[Na+]. The van der Waals surface area contributed by atoms with E-state index in [9.17, 15) is 15.2 Å². The Bertz CT molecular complexity index is 6670.